The fourth-order valence-corrected chi connectivity index (χ4v) is 6.79. The summed E-state index contributed by atoms with van der Waals surface area (Å²) in [6, 6.07) is 10.7. The van der Waals surface area contributed by atoms with E-state index in [2.05, 4.69) is 34.3 Å². The van der Waals surface area contributed by atoms with Gasteiger partial charge in [0, 0.05) is 39.1 Å². The lowest BCUT2D eigenvalue weighted by atomic mass is 10.2. The molecule has 218 valence electrons. The SMILES string of the molecule is Cc1nc2ccc(Oc3ccc4ncc(-c5cnn(CC6C7COCC76)c5)nc4c3Cl)cc2n1COCC[Si](C)(C)C. The van der Waals surface area contributed by atoms with E-state index in [1.165, 1.54) is 0 Å². The maximum atomic E-state index is 6.87. The Morgan fingerprint density at radius 3 is 2.67 bits per heavy atom. The zero-order valence-electron chi connectivity index (χ0n) is 24.4. The summed E-state index contributed by atoms with van der Waals surface area (Å²) in [5.74, 6) is 4.11. The molecule has 2 aromatic carbocycles. The minimum atomic E-state index is -1.15. The fourth-order valence-electron chi connectivity index (χ4n) is 5.80. The number of halogens is 1. The summed E-state index contributed by atoms with van der Waals surface area (Å²) in [5.41, 5.74) is 4.78. The predicted octanol–water partition coefficient (Wildman–Crippen LogP) is 6.80. The third kappa shape index (κ3) is 5.44. The van der Waals surface area contributed by atoms with E-state index in [0.717, 1.165) is 60.5 Å². The van der Waals surface area contributed by atoms with Gasteiger partial charge >= 0.3 is 0 Å². The highest BCUT2D eigenvalue weighted by molar-refractivity contribution is 6.76. The van der Waals surface area contributed by atoms with Crippen LogP contribution in [-0.2, 0) is 22.7 Å². The van der Waals surface area contributed by atoms with Gasteiger partial charge in [-0.3, -0.25) is 9.67 Å². The van der Waals surface area contributed by atoms with Gasteiger partial charge in [0.2, 0.25) is 0 Å². The number of rotatable bonds is 10. The van der Waals surface area contributed by atoms with Gasteiger partial charge in [-0.1, -0.05) is 31.2 Å². The normalized spacial score (nSPS) is 20.0. The number of hydrogen-bond donors (Lipinski definition) is 0. The van der Waals surface area contributed by atoms with Crippen LogP contribution in [0.15, 0.2) is 48.9 Å². The minimum absolute atomic E-state index is 0.416. The molecule has 0 radical (unpaired) electrons. The first kappa shape index (κ1) is 27.5. The fraction of sp³-hybridized carbons (Fsp3) is 0.419. The predicted molar refractivity (Wildman–Crippen MR) is 166 cm³/mol. The van der Waals surface area contributed by atoms with Crippen molar-refractivity contribution in [3.8, 4) is 22.8 Å². The van der Waals surface area contributed by atoms with Gasteiger partial charge in [-0.2, -0.15) is 5.10 Å². The Balaban J connectivity index is 1.10. The van der Waals surface area contributed by atoms with E-state index in [0.29, 0.717) is 52.0 Å². The Labute approximate surface area is 250 Å². The third-order valence-electron chi connectivity index (χ3n) is 8.43. The van der Waals surface area contributed by atoms with Crippen molar-refractivity contribution in [3.63, 3.8) is 0 Å². The summed E-state index contributed by atoms with van der Waals surface area (Å²) in [6.07, 6.45) is 5.64. The first-order valence-electron chi connectivity index (χ1n) is 14.5. The van der Waals surface area contributed by atoms with Crippen molar-refractivity contribution in [1.82, 2.24) is 29.3 Å². The molecule has 5 aromatic rings. The number of aryl methyl sites for hydroxylation is 1. The van der Waals surface area contributed by atoms with Crippen LogP contribution >= 0.6 is 11.6 Å². The first-order valence-corrected chi connectivity index (χ1v) is 18.6. The second-order valence-corrected chi connectivity index (χ2v) is 18.7. The summed E-state index contributed by atoms with van der Waals surface area (Å²) >= 11 is 6.87. The van der Waals surface area contributed by atoms with Crippen LogP contribution in [0.3, 0.4) is 0 Å². The lowest BCUT2D eigenvalue weighted by molar-refractivity contribution is 0.0885. The molecule has 11 heteroatoms. The molecule has 3 aromatic heterocycles. The number of ether oxygens (including phenoxy) is 3. The zero-order valence-corrected chi connectivity index (χ0v) is 26.1. The summed E-state index contributed by atoms with van der Waals surface area (Å²) in [6.45, 7) is 12.9. The molecule has 0 amide bonds. The summed E-state index contributed by atoms with van der Waals surface area (Å²) < 4.78 is 21.9. The quantitative estimate of drug-likeness (QED) is 0.128. The topological polar surface area (TPSA) is 89.1 Å². The number of hydrogen-bond acceptors (Lipinski definition) is 7. The maximum absolute atomic E-state index is 6.87. The molecular weight excluding hydrogens is 568 g/mol. The van der Waals surface area contributed by atoms with Gasteiger partial charge in [-0.15, -0.1) is 0 Å². The molecule has 2 aliphatic rings. The number of nitrogens with zero attached hydrogens (tertiary/aromatic N) is 6. The number of fused-ring (bicyclic) bond motifs is 3. The van der Waals surface area contributed by atoms with E-state index in [4.69, 9.17) is 35.8 Å². The van der Waals surface area contributed by atoms with Crippen LogP contribution in [0.2, 0.25) is 30.7 Å². The van der Waals surface area contributed by atoms with Gasteiger partial charge in [-0.05, 0) is 55.0 Å². The Morgan fingerprint density at radius 2 is 1.86 bits per heavy atom. The van der Waals surface area contributed by atoms with Crippen LogP contribution in [0.25, 0.3) is 33.3 Å². The Hall–Kier alpha value is -3.31. The molecule has 1 aliphatic heterocycles. The van der Waals surface area contributed by atoms with Crippen LogP contribution in [0.4, 0.5) is 0 Å². The van der Waals surface area contributed by atoms with E-state index in [-0.39, 0.29) is 0 Å². The molecule has 0 spiro atoms. The molecule has 9 nitrogen and oxygen atoms in total. The second-order valence-electron chi connectivity index (χ2n) is 12.7. The van der Waals surface area contributed by atoms with Crippen molar-refractivity contribution in [1.29, 1.82) is 0 Å². The second kappa shape index (κ2) is 10.8. The van der Waals surface area contributed by atoms with Gasteiger partial charge in [-0.25, -0.2) is 9.97 Å². The van der Waals surface area contributed by atoms with E-state index in [1.807, 2.05) is 54.3 Å². The van der Waals surface area contributed by atoms with Crippen LogP contribution in [-0.4, -0.2) is 57.2 Å². The highest BCUT2D eigenvalue weighted by Gasteiger charge is 2.53. The van der Waals surface area contributed by atoms with Crippen LogP contribution < -0.4 is 4.74 Å². The van der Waals surface area contributed by atoms with E-state index < -0.39 is 8.07 Å². The van der Waals surface area contributed by atoms with Gasteiger partial charge in [0.05, 0.1) is 47.9 Å². The van der Waals surface area contributed by atoms with E-state index in [9.17, 15) is 0 Å². The number of aromatic nitrogens is 6. The molecule has 4 heterocycles. The minimum Gasteiger partial charge on any atom is -0.456 e. The van der Waals surface area contributed by atoms with Crippen LogP contribution in [0.1, 0.15) is 5.82 Å². The average Bonchev–Trinajstić information content (AvgIpc) is 3.38. The molecule has 2 fully saturated rings. The highest BCUT2D eigenvalue weighted by atomic mass is 35.5. The number of benzene rings is 2. The molecular formula is C31H35ClN6O3Si. The lowest BCUT2D eigenvalue weighted by Gasteiger charge is -2.16. The van der Waals surface area contributed by atoms with Crippen molar-refractivity contribution in [2.75, 3.05) is 19.8 Å². The molecule has 0 N–H and O–H groups in total. The van der Waals surface area contributed by atoms with Gasteiger partial charge in [0.15, 0.2) is 0 Å². The van der Waals surface area contributed by atoms with Crippen molar-refractivity contribution in [2.45, 2.75) is 45.9 Å². The lowest BCUT2D eigenvalue weighted by Crippen LogP contribution is -2.22. The van der Waals surface area contributed by atoms with E-state index >= 15 is 0 Å². The van der Waals surface area contributed by atoms with Crippen molar-refractivity contribution < 1.29 is 14.2 Å². The zero-order chi connectivity index (χ0) is 29.0. The van der Waals surface area contributed by atoms with Crippen LogP contribution in [0, 0.1) is 24.7 Å². The molecule has 1 saturated heterocycles. The van der Waals surface area contributed by atoms with Crippen molar-refractivity contribution >= 4 is 41.7 Å². The third-order valence-corrected chi connectivity index (χ3v) is 10.5. The average molecular weight is 603 g/mol. The monoisotopic (exact) mass is 602 g/mol. The summed E-state index contributed by atoms with van der Waals surface area (Å²) in [4.78, 5) is 14.2. The maximum Gasteiger partial charge on any atom is 0.148 e. The number of imidazole rings is 1. The van der Waals surface area contributed by atoms with Crippen molar-refractivity contribution in [2.24, 2.45) is 17.8 Å². The molecule has 1 aliphatic carbocycles. The molecule has 7 rings (SSSR count). The van der Waals surface area contributed by atoms with Crippen LogP contribution in [0.5, 0.6) is 11.5 Å². The van der Waals surface area contributed by atoms with Gasteiger partial charge in [0.1, 0.15) is 34.6 Å². The molecule has 42 heavy (non-hydrogen) atoms. The Bertz CT molecular complexity index is 1770. The summed E-state index contributed by atoms with van der Waals surface area (Å²) in [5, 5.41) is 5.00. The first-order chi connectivity index (χ1) is 20.2. The van der Waals surface area contributed by atoms with Crippen molar-refractivity contribution in [3.05, 3.63) is 59.8 Å². The smallest absolute Gasteiger partial charge is 0.148 e. The van der Waals surface area contributed by atoms with Gasteiger partial charge < -0.3 is 18.8 Å². The molecule has 2 atom stereocenters. The molecule has 1 saturated carbocycles. The molecule has 0 bridgehead atoms. The standard InChI is InChI=1S/C31H35ClN6O3Si/c1-19-35-25-6-5-21(11-28(25)38(19)18-39-9-10-42(2,3)4)41-29-8-7-26-31(30(29)32)36-27(13-33-26)20-12-34-37(14-20)15-22-23-16-40-17-24(22)23/h5-8,11-14,22-24H,9-10,15-18H2,1-4H3. The largest absolute Gasteiger partial charge is 0.456 e. The van der Waals surface area contributed by atoms with Gasteiger partial charge in [0.25, 0.3) is 0 Å². The highest BCUT2D eigenvalue weighted by Crippen LogP contribution is 2.51. The Morgan fingerprint density at radius 1 is 1.05 bits per heavy atom. The summed E-state index contributed by atoms with van der Waals surface area (Å²) in [7, 11) is -1.15. The van der Waals surface area contributed by atoms with E-state index in [1.54, 1.807) is 6.20 Å². The Kier molecular flexibility index (Phi) is 7.04. The molecule has 2 unspecified atom stereocenters.